The molecule has 1 aliphatic heterocycles. The standard InChI is InChI=1S/C19H30N2O2/c1-3-6-16-7-5-8-17(13-16)14-20-11-9-18(10-12-20)21(4-2)15-19(22)23/h5,7-8,13,18H,3-4,6,9-12,14-15H2,1-2H3,(H,22,23). The quantitative estimate of drug-likeness (QED) is 0.800. The maximum absolute atomic E-state index is 10.9. The molecule has 128 valence electrons. The molecule has 0 amide bonds. The molecule has 0 radical (unpaired) electrons. The Kier molecular flexibility index (Phi) is 7.06. The van der Waals surface area contributed by atoms with Crippen LogP contribution in [0.5, 0.6) is 0 Å². The number of aryl methyl sites for hydroxylation is 1. The zero-order valence-corrected chi connectivity index (χ0v) is 14.5. The van der Waals surface area contributed by atoms with E-state index >= 15 is 0 Å². The van der Waals surface area contributed by atoms with Crippen molar-refractivity contribution in [3.8, 4) is 0 Å². The van der Waals surface area contributed by atoms with Crippen LogP contribution >= 0.6 is 0 Å². The number of likely N-dealkylation sites (tertiary alicyclic amines) is 1. The highest BCUT2D eigenvalue weighted by atomic mass is 16.4. The van der Waals surface area contributed by atoms with Gasteiger partial charge in [-0.05, 0) is 50.0 Å². The summed E-state index contributed by atoms with van der Waals surface area (Å²) >= 11 is 0. The van der Waals surface area contributed by atoms with Crippen molar-refractivity contribution in [1.29, 1.82) is 0 Å². The Morgan fingerprint density at radius 1 is 1.26 bits per heavy atom. The molecule has 0 bridgehead atoms. The number of carbonyl (C=O) groups is 1. The zero-order valence-electron chi connectivity index (χ0n) is 14.5. The second-order valence-electron chi connectivity index (χ2n) is 6.53. The van der Waals surface area contributed by atoms with Crippen LogP contribution in [0.1, 0.15) is 44.2 Å². The van der Waals surface area contributed by atoms with E-state index in [1.54, 1.807) is 0 Å². The molecule has 0 unspecified atom stereocenters. The number of likely N-dealkylation sites (N-methyl/N-ethyl adjacent to an activating group) is 1. The van der Waals surface area contributed by atoms with E-state index < -0.39 is 5.97 Å². The first-order valence-electron chi connectivity index (χ1n) is 8.88. The van der Waals surface area contributed by atoms with E-state index in [4.69, 9.17) is 5.11 Å². The van der Waals surface area contributed by atoms with Crippen molar-refractivity contribution in [3.63, 3.8) is 0 Å². The van der Waals surface area contributed by atoms with Gasteiger partial charge in [0.05, 0.1) is 6.54 Å². The number of benzene rings is 1. The van der Waals surface area contributed by atoms with Gasteiger partial charge < -0.3 is 5.11 Å². The van der Waals surface area contributed by atoms with E-state index in [2.05, 4.69) is 47.9 Å². The van der Waals surface area contributed by atoms with Crippen molar-refractivity contribution in [2.75, 3.05) is 26.2 Å². The van der Waals surface area contributed by atoms with Crippen LogP contribution < -0.4 is 0 Å². The Balaban J connectivity index is 1.84. The monoisotopic (exact) mass is 318 g/mol. The summed E-state index contributed by atoms with van der Waals surface area (Å²) in [6.07, 6.45) is 4.47. The fourth-order valence-electron chi connectivity index (χ4n) is 3.55. The Hall–Kier alpha value is -1.39. The highest BCUT2D eigenvalue weighted by molar-refractivity contribution is 5.69. The van der Waals surface area contributed by atoms with E-state index in [-0.39, 0.29) is 6.54 Å². The molecule has 1 N–H and O–H groups in total. The zero-order chi connectivity index (χ0) is 16.7. The van der Waals surface area contributed by atoms with E-state index in [1.807, 2.05) is 0 Å². The van der Waals surface area contributed by atoms with Crippen molar-refractivity contribution in [2.45, 2.75) is 52.1 Å². The minimum Gasteiger partial charge on any atom is -0.480 e. The molecule has 0 spiro atoms. The van der Waals surface area contributed by atoms with Crippen molar-refractivity contribution < 1.29 is 9.90 Å². The van der Waals surface area contributed by atoms with Gasteiger partial charge in [-0.2, -0.15) is 0 Å². The lowest BCUT2D eigenvalue weighted by atomic mass is 10.0. The topological polar surface area (TPSA) is 43.8 Å². The highest BCUT2D eigenvalue weighted by Gasteiger charge is 2.24. The summed E-state index contributed by atoms with van der Waals surface area (Å²) in [5, 5.41) is 9.01. The molecule has 0 saturated carbocycles. The van der Waals surface area contributed by atoms with Crippen LogP contribution in [0.15, 0.2) is 24.3 Å². The first-order valence-corrected chi connectivity index (χ1v) is 8.88. The number of nitrogens with zero attached hydrogens (tertiary/aromatic N) is 2. The van der Waals surface area contributed by atoms with Crippen LogP contribution in [-0.4, -0.2) is 53.1 Å². The van der Waals surface area contributed by atoms with Gasteiger partial charge in [0.1, 0.15) is 0 Å². The number of piperidine rings is 1. The Bertz CT molecular complexity index is 496. The molecule has 1 aliphatic rings. The summed E-state index contributed by atoms with van der Waals surface area (Å²) in [6, 6.07) is 9.34. The maximum Gasteiger partial charge on any atom is 0.317 e. The fraction of sp³-hybridized carbons (Fsp3) is 0.632. The van der Waals surface area contributed by atoms with Crippen LogP contribution in [0.3, 0.4) is 0 Å². The molecule has 1 aromatic carbocycles. The molecule has 1 aromatic rings. The summed E-state index contributed by atoms with van der Waals surface area (Å²) in [7, 11) is 0. The number of hydrogen-bond donors (Lipinski definition) is 1. The molecule has 2 rings (SSSR count). The Labute approximate surface area is 140 Å². The van der Waals surface area contributed by atoms with Crippen LogP contribution in [0.2, 0.25) is 0 Å². The first kappa shape index (κ1) is 18.0. The lowest BCUT2D eigenvalue weighted by Gasteiger charge is -2.37. The third-order valence-corrected chi connectivity index (χ3v) is 4.75. The highest BCUT2D eigenvalue weighted by Crippen LogP contribution is 2.19. The summed E-state index contributed by atoms with van der Waals surface area (Å²) in [5.41, 5.74) is 2.82. The molecule has 23 heavy (non-hydrogen) atoms. The van der Waals surface area contributed by atoms with Gasteiger partial charge in [-0.15, -0.1) is 0 Å². The summed E-state index contributed by atoms with van der Waals surface area (Å²) < 4.78 is 0. The Morgan fingerprint density at radius 2 is 1.96 bits per heavy atom. The lowest BCUT2D eigenvalue weighted by molar-refractivity contribution is -0.139. The predicted molar refractivity (Wildman–Crippen MR) is 93.6 cm³/mol. The molecule has 1 heterocycles. The third kappa shape index (κ3) is 5.63. The number of carboxylic acids is 1. The summed E-state index contributed by atoms with van der Waals surface area (Å²) in [5.74, 6) is -0.720. The number of carboxylic acid groups (broad SMARTS) is 1. The van der Waals surface area contributed by atoms with Crippen molar-refractivity contribution in [1.82, 2.24) is 9.80 Å². The fourth-order valence-corrected chi connectivity index (χ4v) is 3.55. The summed E-state index contributed by atoms with van der Waals surface area (Å²) in [6.45, 7) is 8.37. The second kappa shape index (κ2) is 9.04. The van der Waals surface area contributed by atoms with Gasteiger partial charge in [-0.25, -0.2) is 0 Å². The molecule has 0 aliphatic carbocycles. The van der Waals surface area contributed by atoms with Gasteiger partial charge in [0.2, 0.25) is 0 Å². The van der Waals surface area contributed by atoms with Gasteiger partial charge in [0.15, 0.2) is 0 Å². The smallest absolute Gasteiger partial charge is 0.317 e. The molecular weight excluding hydrogens is 288 g/mol. The van der Waals surface area contributed by atoms with Crippen LogP contribution in [0.4, 0.5) is 0 Å². The van der Waals surface area contributed by atoms with Crippen molar-refractivity contribution >= 4 is 5.97 Å². The van der Waals surface area contributed by atoms with Gasteiger partial charge in [0, 0.05) is 12.6 Å². The van der Waals surface area contributed by atoms with Crippen LogP contribution in [-0.2, 0) is 17.8 Å². The predicted octanol–water partition coefficient (Wildman–Crippen LogP) is 3.01. The Morgan fingerprint density at radius 3 is 2.57 bits per heavy atom. The van der Waals surface area contributed by atoms with Gasteiger partial charge in [0.25, 0.3) is 0 Å². The molecule has 4 heteroatoms. The first-order chi connectivity index (χ1) is 11.1. The SMILES string of the molecule is CCCc1cccc(CN2CCC(N(CC)CC(=O)O)CC2)c1. The average Bonchev–Trinajstić information content (AvgIpc) is 2.54. The van der Waals surface area contributed by atoms with Crippen molar-refractivity contribution in [3.05, 3.63) is 35.4 Å². The largest absolute Gasteiger partial charge is 0.480 e. The lowest BCUT2D eigenvalue weighted by Crippen LogP contribution is -2.46. The third-order valence-electron chi connectivity index (χ3n) is 4.75. The number of hydrogen-bond acceptors (Lipinski definition) is 3. The van der Waals surface area contributed by atoms with Crippen LogP contribution in [0.25, 0.3) is 0 Å². The minimum atomic E-state index is -0.720. The van der Waals surface area contributed by atoms with Crippen molar-refractivity contribution in [2.24, 2.45) is 0 Å². The van der Waals surface area contributed by atoms with E-state index in [0.29, 0.717) is 6.04 Å². The number of rotatable bonds is 8. The minimum absolute atomic E-state index is 0.167. The van der Waals surface area contributed by atoms with E-state index in [0.717, 1.165) is 45.4 Å². The van der Waals surface area contributed by atoms with Gasteiger partial charge in [-0.1, -0.05) is 44.5 Å². The second-order valence-corrected chi connectivity index (χ2v) is 6.53. The van der Waals surface area contributed by atoms with E-state index in [9.17, 15) is 4.79 Å². The summed E-state index contributed by atoms with van der Waals surface area (Å²) in [4.78, 5) is 15.5. The van der Waals surface area contributed by atoms with E-state index in [1.165, 1.54) is 17.5 Å². The average molecular weight is 318 g/mol. The number of aliphatic carboxylic acids is 1. The normalized spacial score (nSPS) is 16.8. The molecule has 0 aromatic heterocycles. The molecule has 1 saturated heterocycles. The molecule has 1 fully saturated rings. The van der Waals surface area contributed by atoms with Gasteiger partial charge >= 0.3 is 5.97 Å². The molecule has 4 nitrogen and oxygen atoms in total. The maximum atomic E-state index is 10.9. The molecular formula is C19H30N2O2. The van der Waals surface area contributed by atoms with Gasteiger partial charge in [-0.3, -0.25) is 14.6 Å². The molecule has 0 atom stereocenters. The van der Waals surface area contributed by atoms with Crippen LogP contribution in [0, 0.1) is 0 Å².